The maximum Gasteiger partial charge on any atom is 0.265 e. The fourth-order valence-electron chi connectivity index (χ4n) is 1.26. The minimum atomic E-state index is -2.65. The van der Waals surface area contributed by atoms with Crippen molar-refractivity contribution in [3.05, 3.63) is 0 Å². The van der Waals surface area contributed by atoms with E-state index in [1.807, 2.05) is 11.8 Å². The molecule has 11 heavy (non-hydrogen) atoms. The van der Waals surface area contributed by atoms with E-state index < -0.39 is 18.4 Å². The van der Waals surface area contributed by atoms with Crippen LogP contribution in [0, 0.1) is 5.92 Å². The largest absolute Gasteiger partial charge is 0.325 e. The number of nitrogens with two attached hydrogens (primary N) is 1. The number of likely N-dealkylation sites (tertiary alicyclic amines) is 1. The molecule has 1 heterocycles. The molecule has 0 radical (unpaired) electrons. The van der Waals surface area contributed by atoms with Crippen LogP contribution in [0.4, 0.5) is 8.78 Å². The van der Waals surface area contributed by atoms with Crippen LogP contribution < -0.4 is 5.73 Å². The minimum Gasteiger partial charge on any atom is -0.325 e. The number of nitrogens with zero attached hydrogens (tertiary/aromatic N) is 1. The molecule has 0 bridgehead atoms. The third-order valence-corrected chi connectivity index (χ3v) is 2.27. The van der Waals surface area contributed by atoms with Gasteiger partial charge < -0.3 is 10.6 Å². The van der Waals surface area contributed by atoms with E-state index in [1.165, 1.54) is 0 Å². The van der Waals surface area contributed by atoms with E-state index in [-0.39, 0.29) is 0 Å². The SMILES string of the molecule is CCN1CC(C(F)(F)CN)C1. The van der Waals surface area contributed by atoms with E-state index in [1.54, 1.807) is 0 Å². The van der Waals surface area contributed by atoms with Crippen LogP contribution >= 0.6 is 0 Å². The highest BCUT2D eigenvalue weighted by Gasteiger charge is 2.44. The zero-order valence-corrected chi connectivity index (χ0v) is 6.69. The first-order chi connectivity index (χ1) is 5.10. The van der Waals surface area contributed by atoms with Gasteiger partial charge in [0, 0.05) is 19.0 Å². The van der Waals surface area contributed by atoms with E-state index in [2.05, 4.69) is 0 Å². The lowest BCUT2D eigenvalue weighted by Crippen LogP contribution is -2.56. The summed E-state index contributed by atoms with van der Waals surface area (Å²) in [6.45, 7) is 3.31. The summed E-state index contributed by atoms with van der Waals surface area (Å²) < 4.78 is 25.5. The van der Waals surface area contributed by atoms with Crippen molar-refractivity contribution in [3.63, 3.8) is 0 Å². The average molecular weight is 164 g/mol. The highest BCUT2D eigenvalue weighted by molar-refractivity contribution is 4.89. The standard InChI is InChI=1S/C7H14F2N2/c1-2-11-3-6(4-11)7(8,9)5-10/h6H,2-5,10H2,1H3. The number of halogens is 2. The Morgan fingerprint density at radius 1 is 1.55 bits per heavy atom. The van der Waals surface area contributed by atoms with Crippen LogP contribution in [0.25, 0.3) is 0 Å². The molecule has 1 aliphatic heterocycles. The fraction of sp³-hybridized carbons (Fsp3) is 1.00. The van der Waals surface area contributed by atoms with Gasteiger partial charge in [0.05, 0.1) is 6.54 Å². The summed E-state index contributed by atoms with van der Waals surface area (Å²) in [7, 11) is 0. The van der Waals surface area contributed by atoms with Gasteiger partial charge in [-0.25, -0.2) is 8.78 Å². The molecule has 0 amide bonds. The van der Waals surface area contributed by atoms with Crippen molar-refractivity contribution in [2.24, 2.45) is 11.7 Å². The summed E-state index contributed by atoms with van der Waals surface area (Å²) in [5.41, 5.74) is 4.94. The highest BCUT2D eigenvalue weighted by atomic mass is 19.3. The third-order valence-electron chi connectivity index (χ3n) is 2.27. The van der Waals surface area contributed by atoms with Crippen molar-refractivity contribution >= 4 is 0 Å². The Morgan fingerprint density at radius 3 is 2.45 bits per heavy atom. The number of hydrogen-bond donors (Lipinski definition) is 1. The van der Waals surface area contributed by atoms with E-state index >= 15 is 0 Å². The minimum absolute atomic E-state index is 0.501. The molecule has 0 unspecified atom stereocenters. The molecule has 0 atom stereocenters. The Morgan fingerprint density at radius 2 is 2.09 bits per heavy atom. The van der Waals surface area contributed by atoms with E-state index in [9.17, 15) is 8.78 Å². The normalized spacial score (nSPS) is 21.8. The van der Waals surface area contributed by atoms with Gasteiger partial charge in [-0.05, 0) is 6.54 Å². The lowest BCUT2D eigenvalue weighted by Gasteiger charge is -2.42. The zero-order chi connectivity index (χ0) is 8.48. The van der Waals surface area contributed by atoms with Gasteiger partial charge in [-0.15, -0.1) is 0 Å². The maximum atomic E-state index is 12.8. The molecule has 1 aliphatic rings. The van der Waals surface area contributed by atoms with Gasteiger partial charge >= 0.3 is 0 Å². The Bertz CT molecular complexity index is 132. The van der Waals surface area contributed by atoms with Crippen molar-refractivity contribution in [1.82, 2.24) is 4.90 Å². The second-order valence-corrected chi connectivity index (χ2v) is 3.01. The van der Waals surface area contributed by atoms with Gasteiger partial charge in [0.2, 0.25) is 0 Å². The Kier molecular flexibility index (Phi) is 2.44. The van der Waals surface area contributed by atoms with E-state index in [4.69, 9.17) is 5.73 Å². The highest BCUT2D eigenvalue weighted by Crippen LogP contribution is 2.30. The average Bonchev–Trinajstić information content (AvgIpc) is 1.85. The van der Waals surface area contributed by atoms with Crippen LogP contribution in [-0.4, -0.2) is 37.0 Å². The zero-order valence-electron chi connectivity index (χ0n) is 6.69. The van der Waals surface area contributed by atoms with Crippen LogP contribution in [0.3, 0.4) is 0 Å². The maximum absolute atomic E-state index is 12.8. The monoisotopic (exact) mass is 164 g/mol. The first kappa shape index (κ1) is 8.87. The summed E-state index contributed by atoms with van der Waals surface area (Å²) in [5, 5.41) is 0. The molecule has 0 aromatic heterocycles. The Hall–Kier alpha value is -0.220. The lowest BCUT2D eigenvalue weighted by molar-refractivity contribution is -0.108. The first-order valence-electron chi connectivity index (χ1n) is 3.90. The molecular weight excluding hydrogens is 150 g/mol. The molecule has 0 aromatic carbocycles. The fourth-order valence-corrected chi connectivity index (χ4v) is 1.26. The summed E-state index contributed by atoms with van der Waals surface area (Å²) in [6.07, 6.45) is 0. The second kappa shape index (κ2) is 3.03. The van der Waals surface area contributed by atoms with Crippen molar-refractivity contribution in [1.29, 1.82) is 0 Å². The molecule has 0 spiro atoms. The number of rotatable bonds is 3. The molecule has 66 valence electrons. The molecule has 2 nitrogen and oxygen atoms in total. The quantitative estimate of drug-likeness (QED) is 0.659. The van der Waals surface area contributed by atoms with Crippen molar-refractivity contribution in [3.8, 4) is 0 Å². The summed E-state index contributed by atoms with van der Waals surface area (Å²) >= 11 is 0. The number of alkyl halides is 2. The third kappa shape index (κ3) is 1.68. The number of hydrogen-bond acceptors (Lipinski definition) is 2. The molecule has 0 aliphatic carbocycles. The van der Waals surface area contributed by atoms with Crippen molar-refractivity contribution < 1.29 is 8.78 Å². The van der Waals surface area contributed by atoms with Crippen LogP contribution in [0.15, 0.2) is 0 Å². The molecule has 1 saturated heterocycles. The predicted molar refractivity (Wildman–Crippen MR) is 39.6 cm³/mol. The smallest absolute Gasteiger partial charge is 0.265 e. The molecule has 1 rings (SSSR count). The van der Waals surface area contributed by atoms with Crippen LogP contribution in [0.2, 0.25) is 0 Å². The van der Waals surface area contributed by atoms with Gasteiger partial charge in [-0.1, -0.05) is 6.92 Å². The lowest BCUT2D eigenvalue weighted by atomic mass is 9.93. The molecule has 0 aromatic rings. The topological polar surface area (TPSA) is 29.3 Å². The van der Waals surface area contributed by atoms with Crippen molar-refractivity contribution in [2.75, 3.05) is 26.2 Å². The van der Waals surface area contributed by atoms with Crippen molar-refractivity contribution in [2.45, 2.75) is 12.8 Å². The van der Waals surface area contributed by atoms with Gasteiger partial charge in [0.25, 0.3) is 5.92 Å². The summed E-state index contributed by atoms with van der Waals surface area (Å²) in [4.78, 5) is 1.98. The van der Waals surface area contributed by atoms with E-state index in [0.717, 1.165) is 6.54 Å². The molecule has 2 N–H and O–H groups in total. The summed E-state index contributed by atoms with van der Waals surface area (Å²) in [5.74, 6) is -3.15. The predicted octanol–water partition coefficient (Wildman–Crippen LogP) is 0.532. The first-order valence-corrected chi connectivity index (χ1v) is 3.90. The second-order valence-electron chi connectivity index (χ2n) is 3.01. The van der Waals surface area contributed by atoms with E-state index in [0.29, 0.717) is 13.1 Å². The van der Waals surface area contributed by atoms with Gasteiger partial charge in [0.15, 0.2) is 0 Å². The van der Waals surface area contributed by atoms with Crippen LogP contribution in [0.5, 0.6) is 0 Å². The van der Waals surface area contributed by atoms with Crippen LogP contribution in [0.1, 0.15) is 6.92 Å². The van der Waals surface area contributed by atoms with Gasteiger partial charge in [-0.2, -0.15) is 0 Å². The molecule has 1 fully saturated rings. The van der Waals surface area contributed by atoms with Gasteiger partial charge in [-0.3, -0.25) is 0 Å². The van der Waals surface area contributed by atoms with Gasteiger partial charge in [0.1, 0.15) is 0 Å². The summed E-state index contributed by atoms with van der Waals surface area (Å²) in [6, 6.07) is 0. The Labute approximate surface area is 65.4 Å². The van der Waals surface area contributed by atoms with Crippen LogP contribution in [-0.2, 0) is 0 Å². The molecule has 4 heteroatoms. The molecule has 0 saturated carbocycles. The molecular formula is C7H14F2N2. The Balaban J connectivity index is 2.31.